The van der Waals surface area contributed by atoms with E-state index in [1.54, 1.807) is 5.57 Å². The highest BCUT2D eigenvalue weighted by Crippen LogP contribution is 2.18. The number of dihydropyridines is 1. The van der Waals surface area contributed by atoms with Crippen LogP contribution in [0.2, 0.25) is 0 Å². The molecule has 0 aromatic carbocycles. The molecule has 0 unspecified atom stereocenters. The minimum Gasteiger partial charge on any atom is -0.387 e. The molecule has 0 spiro atoms. The smallest absolute Gasteiger partial charge is 0.0360 e. The Morgan fingerprint density at radius 1 is 1.50 bits per heavy atom. The van der Waals surface area contributed by atoms with Crippen LogP contribution in [0.3, 0.4) is 0 Å². The molecule has 0 aromatic heterocycles. The molecule has 1 heterocycles. The molecule has 10 heavy (non-hydrogen) atoms. The zero-order valence-corrected chi connectivity index (χ0v) is 6.99. The Morgan fingerprint density at radius 3 is 2.70 bits per heavy atom. The lowest BCUT2D eigenvalue weighted by molar-refractivity contribution is 0.840. The van der Waals surface area contributed by atoms with Gasteiger partial charge in [0.2, 0.25) is 0 Å². The third kappa shape index (κ3) is 1.23. The standard InChI is InChI=1S/C9H15N/c1-4-9-6-10-5-7(2)8(9)3/h5,10H,4,6H2,1-3H3. The summed E-state index contributed by atoms with van der Waals surface area (Å²) in [7, 11) is 0. The molecule has 0 atom stereocenters. The Hall–Kier alpha value is -0.720. The van der Waals surface area contributed by atoms with Gasteiger partial charge in [-0.15, -0.1) is 0 Å². The second-order valence-electron chi connectivity index (χ2n) is 2.79. The lowest BCUT2D eigenvalue weighted by Crippen LogP contribution is -2.16. The first-order valence-corrected chi connectivity index (χ1v) is 3.85. The van der Waals surface area contributed by atoms with E-state index in [4.69, 9.17) is 0 Å². The minimum atomic E-state index is 1.04. The van der Waals surface area contributed by atoms with Crippen molar-refractivity contribution in [2.75, 3.05) is 6.54 Å². The van der Waals surface area contributed by atoms with Gasteiger partial charge in [0.05, 0.1) is 0 Å². The molecule has 0 saturated carbocycles. The van der Waals surface area contributed by atoms with Crippen LogP contribution in [0.1, 0.15) is 27.2 Å². The molecule has 1 aliphatic heterocycles. The molecule has 1 heteroatoms. The molecule has 1 N–H and O–H groups in total. The predicted molar refractivity (Wildman–Crippen MR) is 44.8 cm³/mol. The second-order valence-corrected chi connectivity index (χ2v) is 2.79. The van der Waals surface area contributed by atoms with Gasteiger partial charge >= 0.3 is 0 Å². The van der Waals surface area contributed by atoms with Crippen molar-refractivity contribution >= 4 is 0 Å². The van der Waals surface area contributed by atoms with Crippen molar-refractivity contribution in [1.82, 2.24) is 5.32 Å². The van der Waals surface area contributed by atoms with E-state index in [1.807, 2.05) is 0 Å². The maximum Gasteiger partial charge on any atom is 0.0360 e. The molecule has 0 bridgehead atoms. The van der Waals surface area contributed by atoms with Gasteiger partial charge in [-0.1, -0.05) is 6.92 Å². The molecule has 1 nitrogen and oxygen atoms in total. The molecular formula is C9H15N. The third-order valence-electron chi connectivity index (χ3n) is 2.18. The van der Waals surface area contributed by atoms with Gasteiger partial charge in [-0.05, 0) is 43.2 Å². The fourth-order valence-corrected chi connectivity index (χ4v) is 1.24. The lowest BCUT2D eigenvalue weighted by Gasteiger charge is -2.16. The fourth-order valence-electron chi connectivity index (χ4n) is 1.24. The Bertz CT molecular complexity index is 187. The first-order chi connectivity index (χ1) is 4.75. The van der Waals surface area contributed by atoms with Crippen molar-refractivity contribution in [3.8, 4) is 0 Å². The second kappa shape index (κ2) is 2.91. The van der Waals surface area contributed by atoms with Gasteiger partial charge in [-0.2, -0.15) is 0 Å². The molecule has 0 aromatic rings. The van der Waals surface area contributed by atoms with Gasteiger partial charge in [-0.25, -0.2) is 0 Å². The number of allylic oxidation sites excluding steroid dienone is 2. The van der Waals surface area contributed by atoms with Crippen molar-refractivity contribution < 1.29 is 0 Å². The van der Waals surface area contributed by atoms with E-state index in [1.165, 1.54) is 17.6 Å². The Balaban J connectivity index is 2.85. The van der Waals surface area contributed by atoms with Gasteiger partial charge in [0, 0.05) is 6.54 Å². The molecule has 1 rings (SSSR count). The quantitative estimate of drug-likeness (QED) is 0.584. The third-order valence-corrected chi connectivity index (χ3v) is 2.18. The van der Waals surface area contributed by atoms with Crippen LogP contribution in [0, 0.1) is 0 Å². The largest absolute Gasteiger partial charge is 0.387 e. The van der Waals surface area contributed by atoms with Crippen molar-refractivity contribution in [1.29, 1.82) is 0 Å². The molecule has 1 aliphatic rings. The fraction of sp³-hybridized carbons (Fsp3) is 0.556. The molecule has 0 fully saturated rings. The molecule has 0 saturated heterocycles. The first-order valence-electron chi connectivity index (χ1n) is 3.85. The van der Waals surface area contributed by atoms with E-state index in [9.17, 15) is 0 Å². The Morgan fingerprint density at radius 2 is 2.20 bits per heavy atom. The van der Waals surface area contributed by atoms with Crippen LogP contribution < -0.4 is 5.32 Å². The SMILES string of the molecule is CCC1=C(C)C(C)=CNC1. The zero-order chi connectivity index (χ0) is 7.56. The highest BCUT2D eigenvalue weighted by atomic mass is 14.8. The lowest BCUT2D eigenvalue weighted by atomic mass is 9.99. The highest BCUT2D eigenvalue weighted by molar-refractivity contribution is 5.35. The summed E-state index contributed by atoms with van der Waals surface area (Å²) in [5.74, 6) is 0. The van der Waals surface area contributed by atoms with E-state index >= 15 is 0 Å². The summed E-state index contributed by atoms with van der Waals surface area (Å²) < 4.78 is 0. The number of hydrogen-bond donors (Lipinski definition) is 1. The normalized spacial score (nSPS) is 18.5. The molecule has 0 aliphatic carbocycles. The monoisotopic (exact) mass is 137 g/mol. The van der Waals surface area contributed by atoms with Crippen LogP contribution >= 0.6 is 0 Å². The molecular weight excluding hydrogens is 122 g/mol. The Labute approximate surface area is 62.8 Å². The summed E-state index contributed by atoms with van der Waals surface area (Å²) in [6.45, 7) is 7.60. The molecule has 0 amide bonds. The average Bonchev–Trinajstić information content (AvgIpc) is 1.95. The maximum absolute atomic E-state index is 3.25. The summed E-state index contributed by atoms with van der Waals surface area (Å²) in [5.41, 5.74) is 4.39. The summed E-state index contributed by atoms with van der Waals surface area (Å²) in [6.07, 6.45) is 3.26. The van der Waals surface area contributed by atoms with Crippen LogP contribution in [-0.4, -0.2) is 6.54 Å². The summed E-state index contributed by atoms with van der Waals surface area (Å²) >= 11 is 0. The first kappa shape index (κ1) is 7.39. The van der Waals surface area contributed by atoms with Crippen molar-refractivity contribution in [3.05, 3.63) is 22.9 Å². The van der Waals surface area contributed by atoms with E-state index in [0.29, 0.717) is 0 Å². The van der Waals surface area contributed by atoms with E-state index in [2.05, 4.69) is 32.3 Å². The summed E-state index contributed by atoms with van der Waals surface area (Å²) in [5, 5.41) is 3.25. The van der Waals surface area contributed by atoms with E-state index in [-0.39, 0.29) is 0 Å². The van der Waals surface area contributed by atoms with Crippen LogP contribution in [-0.2, 0) is 0 Å². The van der Waals surface area contributed by atoms with Gasteiger partial charge in [0.25, 0.3) is 0 Å². The van der Waals surface area contributed by atoms with Gasteiger partial charge in [0.15, 0.2) is 0 Å². The number of nitrogens with one attached hydrogen (secondary N) is 1. The Kier molecular flexibility index (Phi) is 2.15. The zero-order valence-electron chi connectivity index (χ0n) is 6.99. The summed E-state index contributed by atoms with van der Waals surface area (Å²) in [4.78, 5) is 0. The predicted octanol–water partition coefficient (Wildman–Crippen LogP) is 2.22. The van der Waals surface area contributed by atoms with Crippen molar-refractivity contribution in [3.63, 3.8) is 0 Å². The number of hydrogen-bond acceptors (Lipinski definition) is 1. The van der Waals surface area contributed by atoms with E-state index < -0.39 is 0 Å². The van der Waals surface area contributed by atoms with Crippen LogP contribution in [0.25, 0.3) is 0 Å². The highest BCUT2D eigenvalue weighted by Gasteiger charge is 2.05. The van der Waals surface area contributed by atoms with Crippen LogP contribution in [0.15, 0.2) is 22.9 Å². The van der Waals surface area contributed by atoms with E-state index in [0.717, 1.165) is 6.54 Å². The van der Waals surface area contributed by atoms with Crippen LogP contribution in [0.5, 0.6) is 0 Å². The average molecular weight is 137 g/mol. The van der Waals surface area contributed by atoms with Crippen molar-refractivity contribution in [2.45, 2.75) is 27.2 Å². The van der Waals surface area contributed by atoms with Gasteiger partial charge < -0.3 is 5.32 Å². The maximum atomic E-state index is 3.25. The van der Waals surface area contributed by atoms with Gasteiger partial charge in [-0.3, -0.25) is 0 Å². The molecule has 56 valence electrons. The van der Waals surface area contributed by atoms with Gasteiger partial charge in [0.1, 0.15) is 0 Å². The van der Waals surface area contributed by atoms with Crippen LogP contribution in [0.4, 0.5) is 0 Å². The molecule has 0 radical (unpaired) electrons. The number of rotatable bonds is 1. The summed E-state index contributed by atoms with van der Waals surface area (Å²) in [6, 6.07) is 0. The van der Waals surface area contributed by atoms with Crippen molar-refractivity contribution in [2.24, 2.45) is 0 Å². The minimum absolute atomic E-state index is 1.04. The topological polar surface area (TPSA) is 12.0 Å².